The smallest absolute Gasteiger partial charge is 0.158 e. The van der Waals surface area contributed by atoms with Gasteiger partial charge in [0.25, 0.3) is 0 Å². The van der Waals surface area contributed by atoms with Crippen molar-refractivity contribution < 1.29 is 5.11 Å². The number of aliphatic hydroxyl groups excluding tert-OH is 1. The van der Waals surface area contributed by atoms with Gasteiger partial charge in [-0.15, -0.1) is 22.7 Å². The summed E-state index contributed by atoms with van der Waals surface area (Å²) in [5.74, 6) is 0.677. The molecule has 6 nitrogen and oxygen atoms in total. The Balaban J connectivity index is 1.55. The second kappa shape index (κ2) is 7.91. The number of hydrazone groups is 1. The van der Waals surface area contributed by atoms with Gasteiger partial charge in [0.1, 0.15) is 11.2 Å². The number of aryl methyl sites for hydroxylation is 1. The number of rotatable bonds is 6. The molecule has 0 aliphatic carbocycles. The van der Waals surface area contributed by atoms with Crippen LogP contribution in [0.3, 0.4) is 0 Å². The summed E-state index contributed by atoms with van der Waals surface area (Å²) in [5.41, 5.74) is 5.14. The van der Waals surface area contributed by atoms with E-state index in [1.54, 1.807) is 30.1 Å². The average Bonchev–Trinajstić information content (AvgIpc) is 3.26. The van der Waals surface area contributed by atoms with Gasteiger partial charge in [0.15, 0.2) is 5.82 Å². The molecule has 0 aromatic carbocycles. The summed E-state index contributed by atoms with van der Waals surface area (Å²) < 4.78 is 0. The van der Waals surface area contributed by atoms with Gasteiger partial charge in [-0.1, -0.05) is 6.07 Å². The number of nitrogens with zero attached hydrogens (tertiary/aromatic N) is 4. The first kappa shape index (κ1) is 17.7. The molecular weight excluding hydrogens is 378 g/mol. The summed E-state index contributed by atoms with van der Waals surface area (Å²) in [6, 6.07) is 9.98. The lowest BCUT2D eigenvalue weighted by atomic mass is 10.2. The fourth-order valence-corrected chi connectivity index (χ4v) is 4.60. The predicted molar refractivity (Wildman–Crippen MR) is 111 cm³/mol. The monoisotopic (exact) mass is 395 g/mol. The minimum Gasteiger partial charge on any atom is -0.391 e. The first-order valence-electron chi connectivity index (χ1n) is 8.35. The minimum atomic E-state index is 0.0489. The van der Waals surface area contributed by atoms with Crippen LogP contribution < -0.4 is 5.43 Å². The van der Waals surface area contributed by atoms with E-state index in [4.69, 9.17) is 0 Å². The third-order valence-corrected chi connectivity index (χ3v) is 6.18. The van der Waals surface area contributed by atoms with E-state index in [1.165, 1.54) is 16.2 Å². The quantitative estimate of drug-likeness (QED) is 0.381. The van der Waals surface area contributed by atoms with Crippen LogP contribution in [-0.2, 0) is 13.0 Å². The number of nitrogens with one attached hydrogen (secondary N) is 1. The van der Waals surface area contributed by atoms with Gasteiger partial charge < -0.3 is 5.11 Å². The van der Waals surface area contributed by atoms with E-state index >= 15 is 0 Å². The second-order valence-electron chi connectivity index (χ2n) is 5.94. The van der Waals surface area contributed by atoms with Crippen molar-refractivity contribution in [1.82, 2.24) is 15.0 Å². The number of thiophene rings is 2. The van der Waals surface area contributed by atoms with E-state index in [-0.39, 0.29) is 6.61 Å². The Hall–Kier alpha value is -2.68. The lowest BCUT2D eigenvalue weighted by molar-refractivity contribution is 0.285. The van der Waals surface area contributed by atoms with Gasteiger partial charge in [-0.05, 0) is 36.8 Å². The molecule has 2 N–H and O–H groups in total. The van der Waals surface area contributed by atoms with E-state index in [2.05, 4.69) is 31.5 Å². The van der Waals surface area contributed by atoms with Crippen LogP contribution in [0.2, 0.25) is 0 Å². The SMILES string of the molecule is Cc1cc(CO)sc1C=NNc1ncnc2sc(Cc3ccccn3)cc12. The van der Waals surface area contributed by atoms with Crippen LogP contribution in [0, 0.1) is 6.92 Å². The standard InChI is InChI=1S/C19H17N5OS2/c1-12-6-15(10-25)26-17(12)9-23-24-18-16-8-14(27-19(16)22-11-21-18)7-13-4-2-3-5-20-13/h2-6,8-9,11,25H,7,10H2,1H3,(H,21,22,24). The Morgan fingerprint density at radius 1 is 1.15 bits per heavy atom. The fraction of sp³-hybridized carbons (Fsp3) is 0.158. The van der Waals surface area contributed by atoms with Gasteiger partial charge in [0.2, 0.25) is 0 Å². The highest BCUT2D eigenvalue weighted by atomic mass is 32.1. The molecule has 0 fully saturated rings. The van der Waals surface area contributed by atoms with Crippen LogP contribution >= 0.6 is 22.7 Å². The lowest BCUT2D eigenvalue weighted by Crippen LogP contribution is -1.94. The van der Waals surface area contributed by atoms with Crippen LogP contribution in [-0.4, -0.2) is 26.3 Å². The molecule has 4 heterocycles. The van der Waals surface area contributed by atoms with Crippen molar-refractivity contribution in [1.29, 1.82) is 0 Å². The number of hydrogen-bond donors (Lipinski definition) is 2. The van der Waals surface area contributed by atoms with Gasteiger partial charge in [0.05, 0.1) is 23.1 Å². The maximum absolute atomic E-state index is 9.24. The molecule has 0 radical (unpaired) electrons. The fourth-order valence-electron chi connectivity index (χ4n) is 2.68. The Bertz CT molecular complexity index is 1090. The van der Waals surface area contributed by atoms with E-state index in [9.17, 15) is 5.11 Å². The molecule has 0 saturated carbocycles. The van der Waals surface area contributed by atoms with Crippen molar-refractivity contribution >= 4 is 44.9 Å². The van der Waals surface area contributed by atoms with Crippen molar-refractivity contribution in [3.05, 3.63) is 68.7 Å². The summed E-state index contributed by atoms with van der Waals surface area (Å²) in [5, 5.41) is 14.5. The molecule has 136 valence electrons. The molecule has 0 atom stereocenters. The Labute approximate surface area is 164 Å². The molecule has 0 spiro atoms. The molecule has 0 amide bonds. The van der Waals surface area contributed by atoms with Crippen molar-refractivity contribution in [2.75, 3.05) is 5.43 Å². The molecular formula is C19H17N5OS2. The van der Waals surface area contributed by atoms with Crippen LogP contribution in [0.1, 0.15) is 25.9 Å². The summed E-state index contributed by atoms with van der Waals surface area (Å²) in [6.07, 6.45) is 5.87. The van der Waals surface area contributed by atoms with Crippen molar-refractivity contribution in [3.63, 3.8) is 0 Å². The maximum atomic E-state index is 9.24. The summed E-state index contributed by atoms with van der Waals surface area (Å²) in [7, 11) is 0. The van der Waals surface area contributed by atoms with Gasteiger partial charge in [-0.25, -0.2) is 9.97 Å². The van der Waals surface area contributed by atoms with Crippen molar-refractivity contribution in [2.24, 2.45) is 5.10 Å². The Kier molecular flexibility index (Phi) is 5.19. The first-order valence-corrected chi connectivity index (χ1v) is 9.99. The Morgan fingerprint density at radius 3 is 2.85 bits per heavy atom. The third-order valence-electron chi connectivity index (χ3n) is 3.98. The number of hydrogen-bond acceptors (Lipinski definition) is 8. The molecule has 4 rings (SSSR count). The number of fused-ring (bicyclic) bond motifs is 1. The normalized spacial score (nSPS) is 11.5. The second-order valence-corrected chi connectivity index (χ2v) is 8.22. The molecule has 0 saturated heterocycles. The lowest BCUT2D eigenvalue weighted by Gasteiger charge is -1.99. The largest absolute Gasteiger partial charge is 0.391 e. The van der Waals surface area contributed by atoms with Crippen LogP contribution in [0.4, 0.5) is 5.82 Å². The van der Waals surface area contributed by atoms with E-state index in [0.717, 1.165) is 37.6 Å². The molecule has 0 aliphatic rings. The third kappa shape index (κ3) is 4.02. The van der Waals surface area contributed by atoms with Crippen LogP contribution in [0.15, 0.2) is 48.0 Å². The van der Waals surface area contributed by atoms with Gasteiger partial charge in [-0.3, -0.25) is 10.4 Å². The number of anilines is 1. The molecule has 4 aromatic heterocycles. The number of aromatic nitrogens is 3. The van der Waals surface area contributed by atoms with Crippen molar-refractivity contribution in [3.8, 4) is 0 Å². The number of pyridine rings is 1. The summed E-state index contributed by atoms with van der Waals surface area (Å²) >= 11 is 3.16. The zero-order valence-corrected chi connectivity index (χ0v) is 16.2. The first-order chi connectivity index (χ1) is 13.2. The zero-order chi connectivity index (χ0) is 18.6. The molecule has 0 unspecified atom stereocenters. The van der Waals surface area contributed by atoms with E-state index in [0.29, 0.717) is 5.82 Å². The van der Waals surface area contributed by atoms with E-state index in [1.807, 2.05) is 31.2 Å². The molecule has 27 heavy (non-hydrogen) atoms. The highest BCUT2D eigenvalue weighted by Crippen LogP contribution is 2.29. The summed E-state index contributed by atoms with van der Waals surface area (Å²) in [6.45, 7) is 2.05. The van der Waals surface area contributed by atoms with Gasteiger partial charge >= 0.3 is 0 Å². The van der Waals surface area contributed by atoms with Gasteiger partial charge in [0, 0.05) is 28.1 Å². The highest BCUT2D eigenvalue weighted by Gasteiger charge is 2.09. The predicted octanol–water partition coefficient (Wildman–Crippen LogP) is 3.99. The topological polar surface area (TPSA) is 83.3 Å². The molecule has 8 heteroatoms. The molecule has 0 bridgehead atoms. The Morgan fingerprint density at radius 2 is 2.07 bits per heavy atom. The van der Waals surface area contributed by atoms with E-state index < -0.39 is 0 Å². The molecule has 4 aromatic rings. The minimum absolute atomic E-state index is 0.0489. The number of aliphatic hydroxyl groups is 1. The average molecular weight is 396 g/mol. The highest BCUT2D eigenvalue weighted by molar-refractivity contribution is 7.18. The maximum Gasteiger partial charge on any atom is 0.158 e. The zero-order valence-electron chi connectivity index (χ0n) is 14.6. The van der Waals surface area contributed by atoms with Crippen molar-refractivity contribution in [2.45, 2.75) is 20.0 Å². The summed E-state index contributed by atoms with van der Waals surface area (Å²) in [4.78, 5) is 17.1. The van der Waals surface area contributed by atoms with Crippen LogP contribution in [0.5, 0.6) is 0 Å². The van der Waals surface area contributed by atoms with Crippen LogP contribution in [0.25, 0.3) is 10.2 Å². The van der Waals surface area contributed by atoms with Gasteiger partial charge in [-0.2, -0.15) is 5.10 Å². The molecule has 0 aliphatic heterocycles.